The van der Waals surface area contributed by atoms with Crippen LogP contribution in [-0.4, -0.2) is 31.9 Å². The molecular weight excluding hydrogens is 212 g/mol. The molecule has 3 saturated carbocycles. The van der Waals surface area contributed by atoms with Crippen LogP contribution in [0.5, 0.6) is 0 Å². The molecule has 3 rings (SSSR count). The molecule has 0 aliphatic heterocycles. The highest BCUT2D eigenvalue weighted by atomic mass is 16.5. The monoisotopic (exact) mass is 226 g/mol. The van der Waals surface area contributed by atoms with Crippen LogP contribution in [0.3, 0.4) is 0 Å². The fourth-order valence-electron chi connectivity index (χ4n) is 2.91. The van der Waals surface area contributed by atoms with Crippen molar-refractivity contribution >= 4 is 17.7 Å². The van der Waals surface area contributed by atoms with Crippen molar-refractivity contribution in [1.82, 2.24) is 0 Å². The highest BCUT2D eigenvalue weighted by Gasteiger charge is 2.75. The van der Waals surface area contributed by atoms with Gasteiger partial charge in [0.2, 0.25) is 0 Å². The molecule has 5 heteroatoms. The van der Waals surface area contributed by atoms with Gasteiger partial charge in [-0.05, 0) is 19.3 Å². The molecule has 2 bridgehead atoms. The summed E-state index contributed by atoms with van der Waals surface area (Å²) in [5, 5.41) is 0. The molecule has 0 atom stereocenters. The van der Waals surface area contributed by atoms with Crippen LogP contribution in [-0.2, 0) is 23.9 Å². The van der Waals surface area contributed by atoms with E-state index in [0.29, 0.717) is 19.3 Å². The summed E-state index contributed by atoms with van der Waals surface area (Å²) < 4.78 is 9.12. The first-order chi connectivity index (χ1) is 7.48. The lowest BCUT2D eigenvalue weighted by Gasteiger charge is -2.67. The first-order valence-electron chi connectivity index (χ1n) is 5.17. The van der Waals surface area contributed by atoms with Crippen LogP contribution in [0.15, 0.2) is 0 Å². The van der Waals surface area contributed by atoms with E-state index in [1.165, 1.54) is 14.2 Å². The average molecular weight is 226 g/mol. The Bertz CT molecular complexity index is 351. The second-order valence-corrected chi connectivity index (χ2v) is 4.76. The number of rotatable bonds is 4. The van der Waals surface area contributed by atoms with Crippen molar-refractivity contribution in [2.75, 3.05) is 14.2 Å². The van der Waals surface area contributed by atoms with Crippen molar-refractivity contribution in [2.24, 2.45) is 10.8 Å². The van der Waals surface area contributed by atoms with Gasteiger partial charge in [-0.2, -0.15) is 0 Å². The van der Waals surface area contributed by atoms with E-state index in [-0.39, 0.29) is 18.2 Å². The van der Waals surface area contributed by atoms with Gasteiger partial charge in [0, 0.05) is 5.41 Å². The predicted octanol–water partition coefficient (Wildman–Crippen LogP) is 0.462. The van der Waals surface area contributed by atoms with Gasteiger partial charge in [-0.3, -0.25) is 14.4 Å². The first-order valence-corrected chi connectivity index (χ1v) is 5.17. The highest BCUT2D eigenvalue weighted by Crippen LogP contribution is 2.74. The number of hydrogen-bond donors (Lipinski definition) is 0. The Kier molecular flexibility index (Phi) is 2.29. The summed E-state index contributed by atoms with van der Waals surface area (Å²) in [6, 6.07) is 0. The van der Waals surface area contributed by atoms with E-state index in [9.17, 15) is 14.4 Å². The summed E-state index contributed by atoms with van der Waals surface area (Å²) in [7, 11) is 2.61. The largest absolute Gasteiger partial charge is 0.469 e. The molecule has 0 amide bonds. The van der Waals surface area contributed by atoms with E-state index >= 15 is 0 Å². The SMILES string of the molecule is COC(=O)CC(=O)C12CC(C(=O)OC)(C1)C2. The van der Waals surface area contributed by atoms with E-state index in [2.05, 4.69) is 9.47 Å². The van der Waals surface area contributed by atoms with Gasteiger partial charge in [0.05, 0.1) is 19.6 Å². The Morgan fingerprint density at radius 3 is 2.00 bits per heavy atom. The molecule has 3 fully saturated rings. The van der Waals surface area contributed by atoms with Crippen LogP contribution in [0.1, 0.15) is 25.7 Å². The average Bonchev–Trinajstić information content (AvgIpc) is 2.12. The number of methoxy groups -OCH3 is 2. The van der Waals surface area contributed by atoms with Crippen LogP contribution in [0.4, 0.5) is 0 Å². The molecule has 0 aromatic rings. The van der Waals surface area contributed by atoms with Crippen LogP contribution < -0.4 is 0 Å². The van der Waals surface area contributed by atoms with Crippen molar-refractivity contribution in [3.8, 4) is 0 Å². The van der Waals surface area contributed by atoms with Gasteiger partial charge in [0.1, 0.15) is 12.2 Å². The van der Waals surface area contributed by atoms with E-state index < -0.39 is 16.8 Å². The molecular formula is C11H14O5. The fraction of sp³-hybridized carbons (Fsp3) is 0.727. The molecule has 0 saturated heterocycles. The maximum absolute atomic E-state index is 11.8. The zero-order valence-electron chi connectivity index (χ0n) is 9.37. The number of ketones is 1. The minimum Gasteiger partial charge on any atom is -0.469 e. The van der Waals surface area contributed by atoms with Crippen LogP contribution in [0, 0.1) is 10.8 Å². The van der Waals surface area contributed by atoms with Crippen LogP contribution in [0.2, 0.25) is 0 Å². The zero-order chi connectivity index (χ0) is 12.0. The highest BCUT2D eigenvalue weighted by molar-refractivity contribution is 6.03. The van der Waals surface area contributed by atoms with Gasteiger partial charge in [0.15, 0.2) is 0 Å². The minimum atomic E-state index is -0.512. The lowest BCUT2D eigenvalue weighted by atomic mass is 9.34. The van der Waals surface area contributed by atoms with Gasteiger partial charge in [-0.25, -0.2) is 0 Å². The molecule has 0 heterocycles. The number of esters is 2. The van der Waals surface area contributed by atoms with E-state index in [1.807, 2.05) is 0 Å². The van der Waals surface area contributed by atoms with Gasteiger partial charge >= 0.3 is 11.9 Å². The Balaban J connectivity index is 1.91. The second kappa shape index (κ2) is 3.30. The lowest BCUT2D eigenvalue weighted by molar-refractivity contribution is -0.221. The lowest BCUT2D eigenvalue weighted by Crippen LogP contribution is -2.68. The third kappa shape index (κ3) is 1.27. The molecule has 88 valence electrons. The molecule has 0 aromatic heterocycles. The fourth-order valence-corrected chi connectivity index (χ4v) is 2.91. The van der Waals surface area contributed by atoms with E-state index in [1.54, 1.807) is 0 Å². The van der Waals surface area contributed by atoms with Gasteiger partial charge in [-0.15, -0.1) is 0 Å². The zero-order valence-corrected chi connectivity index (χ0v) is 9.37. The molecule has 0 unspecified atom stereocenters. The maximum Gasteiger partial charge on any atom is 0.313 e. The third-order valence-corrected chi connectivity index (χ3v) is 3.77. The Morgan fingerprint density at radius 2 is 1.56 bits per heavy atom. The molecule has 5 nitrogen and oxygen atoms in total. The van der Waals surface area contributed by atoms with Crippen molar-refractivity contribution in [3.05, 3.63) is 0 Å². The Morgan fingerprint density at radius 1 is 1.00 bits per heavy atom. The van der Waals surface area contributed by atoms with Crippen molar-refractivity contribution < 1.29 is 23.9 Å². The molecule has 0 N–H and O–H groups in total. The second-order valence-electron chi connectivity index (χ2n) is 4.76. The summed E-state index contributed by atoms with van der Waals surface area (Å²) in [5.74, 6) is -0.854. The van der Waals surface area contributed by atoms with E-state index in [0.717, 1.165) is 0 Å². The maximum atomic E-state index is 11.8. The summed E-state index contributed by atoms with van der Waals surface area (Å²) in [6.45, 7) is 0. The number of ether oxygens (including phenoxy) is 2. The normalized spacial score (nSPS) is 34.4. The van der Waals surface area contributed by atoms with Crippen LogP contribution in [0.25, 0.3) is 0 Å². The van der Waals surface area contributed by atoms with Gasteiger partial charge < -0.3 is 9.47 Å². The smallest absolute Gasteiger partial charge is 0.313 e. The molecule has 0 spiro atoms. The molecule has 3 aliphatic rings. The molecule has 16 heavy (non-hydrogen) atoms. The third-order valence-electron chi connectivity index (χ3n) is 3.77. The summed E-state index contributed by atoms with van der Waals surface area (Å²) in [5.41, 5.74) is -0.872. The number of carbonyl (C=O) groups excluding carboxylic acids is 3. The molecule has 0 aromatic carbocycles. The molecule has 3 aliphatic carbocycles. The Labute approximate surface area is 93.1 Å². The van der Waals surface area contributed by atoms with E-state index in [4.69, 9.17) is 0 Å². The van der Waals surface area contributed by atoms with Crippen molar-refractivity contribution in [2.45, 2.75) is 25.7 Å². The van der Waals surface area contributed by atoms with Crippen molar-refractivity contribution in [1.29, 1.82) is 0 Å². The van der Waals surface area contributed by atoms with Crippen molar-refractivity contribution in [3.63, 3.8) is 0 Å². The summed E-state index contributed by atoms with van der Waals surface area (Å²) in [6.07, 6.45) is 1.40. The topological polar surface area (TPSA) is 69.7 Å². The standard InChI is InChI=1S/C11H14O5/c1-15-8(13)3-7(12)10-4-11(5-10,6-10)9(14)16-2/h3-6H2,1-2H3. The minimum absolute atomic E-state index is 0.106. The number of carbonyl (C=O) groups is 3. The predicted molar refractivity (Wildman–Crippen MR) is 52.4 cm³/mol. The Hall–Kier alpha value is -1.39. The first kappa shape index (κ1) is 11.1. The molecule has 0 radical (unpaired) electrons. The van der Waals surface area contributed by atoms with Gasteiger partial charge in [-0.1, -0.05) is 0 Å². The van der Waals surface area contributed by atoms with Crippen LogP contribution >= 0.6 is 0 Å². The van der Waals surface area contributed by atoms with Gasteiger partial charge in [0.25, 0.3) is 0 Å². The quantitative estimate of drug-likeness (QED) is 0.514. The number of hydrogen-bond acceptors (Lipinski definition) is 5. The summed E-state index contributed by atoms with van der Waals surface area (Å²) in [4.78, 5) is 34.1. The number of Topliss-reactive ketones (excluding diaryl/α,β-unsaturated/α-hetero) is 1. The summed E-state index contributed by atoms with van der Waals surface area (Å²) >= 11 is 0.